The van der Waals surface area contributed by atoms with E-state index in [1.54, 1.807) is 6.92 Å². The van der Waals surface area contributed by atoms with Gasteiger partial charge in [-0.05, 0) is 6.92 Å². The minimum atomic E-state index is -1.12. The second kappa shape index (κ2) is 9.77. The molecule has 7 heteroatoms. The maximum absolute atomic E-state index is 10.3. The third kappa shape index (κ3) is 13.2. The Hall–Kier alpha value is 1.23. The van der Waals surface area contributed by atoms with Gasteiger partial charge in [-0.3, -0.25) is 9.59 Å². The van der Waals surface area contributed by atoms with E-state index in [0.717, 1.165) is 0 Å². The van der Waals surface area contributed by atoms with Crippen LogP contribution >= 0.6 is 69.0 Å². The van der Waals surface area contributed by atoms with Crippen molar-refractivity contribution in [3.05, 3.63) is 0 Å². The van der Waals surface area contributed by atoms with Gasteiger partial charge in [0.15, 0.2) is 15.5 Å². The Balaban J connectivity index is 0. The molecule has 2 nitrogen and oxygen atoms in total. The average Bonchev–Trinajstić information content (AvgIpc) is 2.03. The van der Waals surface area contributed by atoms with E-state index in [1.807, 2.05) is 22.6 Å². The van der Waals surface area contributed by atoms with E-state index >= 15 is 0 Å². The average molecular weight is 380 g/mol. The molecule has 0 aliphatic rings. The number of ketones is 2. The minimum absolute atomic E-state index is 0.241. The lowest BCUT2D eigenvalue weighted by atomic mass is 10.5. The number of halogens is 5. The summed E-state index contributed by atoms with van der Waals surface area (Å²) in [6.07, 6.45) is 0. The lowest BCUT2D eigenvalue weighted by Gasteiger charge is -1.97. The summed E-state index contributed by atoms with van der Waals surface area (Å²) in [6.45, 7) is 1.58. The van der Waals surface area contributed by atoms with Gasteiger partial charge in [0.05, 0.1) is 4.43 Å². The highest BCUT2D eigenvalue weighted by molar-refractivity contribution is 14.1. The van der Waals surface area contributed by atoms with Gasteiger partial charge in [-0.25, -0.2) is 0 Å². The van der Waals surface area contributed by atoms with Crippen LogP contribution in [0.4, 0.5) is 0 Å². The maximum atomic E-state index is 10.3. The third-order valence-corrected chi connectivity index (χ3v) is 2.55. The molecule has 0 radical (unpaired) electrons. The fourth-order valence-corrected chi connectivity index (χ4v) is 0.857. The maximum Gasteiger partial charge on any atom is 0.198 e. The predicted octanol–water partition coefficient (Wildman–Crippen LogP) is 3.17. The van der Waals surface area contributed by atoms with Gasteiger partial charge in [0.25, 0.3) is 0 Å². The molecule has 0 saturated carbocycles. The van der Waals surface area contributed by atoms with Gasteiger partial charge in [0, 0.05) is 0 Å². The summed E-state index contributed by atoms with van der Waals surface area (Å²) in [5.74, 6) is -0.345. The lowest BCUT2D eigenvalue weighted by Crippen LogP contribution is -2.15. The van der Waals surface area contributed by atoms with Gasteiger partial charge < -0.3 is 0 Å². The number of Topliss-reactive ketones (excluding diaryl/α,β-unsaturated/α-hetero) is 2. The molecule has 0 bridgehead atoms. The zero-order valence-electron chi connectivity index (χ0n) is 6.57. The molecule has 0 heterocycles. The summed E-state index contributed by atoms with van der Waals surface area (Å²) < 4.78 is 0.637. The summed E-state index contributed by atoms with van der Waals surface area (Å²) in [7, 11) is 0. The Labute approximate surface area is 110 Å². The first kappa shape index (κ1) is 16.7. The van der Waals surface area contributed by atoms with E-state index in [4.69, 9.17) is 46.4 Å². The van der Waals surface area contributed by atoms with Crippen LogP contribution in [0.3, 0.4) is 0 Å². The van der Waals surface area contributed by atoms with Gasteiger partial charge in [0.2, 0.25) is 0 Å². The SMILES string of the molecule is CC(=O)CI.O=C(C(Cl)Cl)C(Cl)Cl. The Morgan fingerprint density at radius 1 is 1.15 bits per heavy atom. The van der Waals surface area contributed by atoms with E-state index in [2.05, 4.69) is 0 Å². The molecular formula is C6H7Cl4IO2. The first-order valence-corrected chi connectivity index (χ1v) is 6.25. The van der Waals surface area contributed by atoms with Crippen molar-refractivity contribution < 1.29 is 9.59 Å². The molecule has 0 fully saturated rings. The standard InChI is InChI=1S/C3H2Cl4O.C3H5IO/c4-2(5)1(8)3(6)7;1-3(5)2-4/h2-3H;2H2,1H3. The van der Waals surface area contributed by atoms with Crippen molar-refractivity contribution in [2.45, 2.75) is 16.6 Å². The van der Waals surface area contributed by atoms with Crippen LogP contribution in [0.25, 0.3) is 0 Å². The molecule has 78 valence electrons. The summed E-state index contributed by atoms with van der Waals surface area (Å²) in [4.78, 5) is 17.9. The van der Waals surface area contributed by atoms with E-state index < -0.39 is 15.5 Å². The number of carbonyl (C=O) groups excluding carboxylic acids is 2. The number of carbonyl (C=O) groups is 2. The van der Waals surface area contributed by atoms with Gasteiger partial charge in [-0.15, -0.1) is 0 Å². The fraction of sp³-hybridized carbons (Fsp3) is 0.667. The van der Waals surface area contributed by atoms with E-state index in [9.17, 15) is 9.59 Å². The first-order valence-electron chi connectivity index (χ1n) is 2.98. The van der Waals surface area contributed by atoms with Crippen LogP contribution < -0.4 is 0 Å². The topological polar surface area (TPSA) is 34.1 Å². The van der Waals surface area contributed by atoms with Crippen molar-refractivity contribution in [2.24, 2.45) is 0 Å². The monoisotopic (exact) mass is 378 g/mol. The molecule has 13 heavy (non-hydrogen) atoms. The molecule has 0 spiro atoms. The largest absolute Gasteiger partial charge is 0.299 e. The predicted molar refractivity (Wildman–Crippen MR) is 65.6 cm³/mol. The van der Waals surface area contributed by atoms with Gasteiger partial charge in [-0.1, -0.05) is 69.0 Å². The Morgan fingerprint density at radius 2 is 1.38 bits per heavy atom. The van der Waals surface area contributed by atoms with Crippen LogP contribution in [0.15, 0.2) is 0 Å². The van der Waals surface area contributed by atoms with Gasteiger partial charge >= 0.3 is 0 Å². The van der Waals surface area contributed by atoms with Crippen molar-refractivity contribution in [1.29, 1.82) is 0 Å². The smallest absolute Gasteiger partial charge is 0.198 e. The molecule has 0 saturated heterocycles. The highest BCUT2D eigenvalue weighted by Gasteiger charge is 2.18. The van der Waals surface area contributed by atoms with Crippen LogP contribution in [0.2, 0.25) is 0 Å². The lowest BCUT2D eigenvalue weighted by molar-refractivity contribution is -0.116. The van der Waals surface area contributed by atoms with E-state index in [1.165, 1.54) is 0 Å². The van der Waals surface area contributed by atoms with Crippen LogP contribution in [-0.4, -0.2) is 25.7 Å². The summed E-state index contributed by atoms with van der Waals surface area (Å²) >= 11 is 22.3. The normalized spacial score (nSPS) is 9.54. The molecule has 0 atom stereocenters. The molecule has 0 rings (SSSR count). The number of hydrogen-bond acceptors (Lipinski definition) is 2. The van der Waals surface area contributed by atoms with E-state index in [-0.39, 0.29) is 5.78 Å². The molecule has 0 aliphatic carbocycles. The summed E-state index contributed by atoms with van der Waals surface area (Å²) in [6, 6.07) is 0. The van der Waals surface area contributed by atoms with Crippen LogP contribution in [0, 0.1) is 0 Å². The van der Waals surface area contributed by atoms with Crippen LogP contribution in [-0.2, 0) is 9.59 Å². The number of hydrogen-bond donors (Lipinski definition) is 0. The summed E-state index contributed by atoms with van der Waals surface area (Å²) in [5, 5.41) is 0. The second-order valence-corrected chi connectivity index (χ2v) is 4.79. The highest BCUT2D eigenvalue weighted by atomic mass is 127. The summed E-state index contributed by atoms with van der Waals surface area (Å²) in [5.41, 5.74) is 0. The van der Waals surface area contributed by atoms with E-state index in [0.29, 0.717) is 4.43 Å². The van der Waals surface area contributed by atoms with Crippen LogP contribution in [0.5, 0.6) is 0 Å². The van der Waals surface area contributed by atoms with Crippen molar-refractivity contribution in [2.75, 3.05) is 4.43 Å². The number of rotatable bonds is 3. The third-order valence-electron chi connectivity index (χ3n) is 0.618. The highest BCUT2D eigenvalue weighted by Crippen LogP contribution is 2.12. The van der Waals surface area contributed by atoms with Gasteiger partial charge in [-0.2, -0.15) is 0 Å². The molecule has 0 aliphatic heterocycles. The fourth-order valence-electron chi connectivity index (χ4n) is 0.0952. The van der Waals surface area contributed by atoms with Crippen molar-refractivity contribution >= 4 is 80.6 Å². The molecule has 0 aromatic rings. The quantitative estimate of drug-likeness (QED) is 0.557. The second-order valence-electron chi connectivity index (χ2n) is 1.84. The minimum Gasteiger partial charge on any atom is -0.299 e. The Bertz CT molecular complexity index is 162. The molecule has 0 aromatic heterocycles. The molecule has 0 unspecified atom stereocenters. The van der Waals surface area contributed by atoms with Crippen molar-refractivity contribution in [3.8, 4) is 0 Å². The first-order chi connectivity index (χ1) is 5.82. The number of alkyl halides is 5. The van der Waals surface area contributed by atoms with Crippen molar-refractivity contribution in [3.63, 3.8) is 0 Å². The molecule has 0 amide bonds. The molecule has 0 aromatic carbocycles. The zero-order chi connectivity index (χ0) is 11.0. The Kier molecular flexibility index (Phi) is 12.5. The zero-order valence-corrected chi connectivity index (χ0v) is 11.7. The van der Waals surface area contributed by atoms with Crippen LogP contribution in [0.1, 0.15) is 6.92 Å². The van der Waals surface area contributed by atoms with Gasteiger partial charge in [0.1, 0.15) is 5.78 Å². The van der Waals surface area contributed by atoms with Crippen molar-refractivity contribution in [1.82, 2.24) is 0 Å². The molecule has 0 N–H and O–H groups in total. The molecular weight excluding hydrogens is 373 g/mol. The Morgan fingerprint density at radius 3 is 1.38 bits per heavy atom.